The summed E-state index contributed by atoms with van der Waals surface area (Å²) in [6, 6.07) is 20.2. The molecule has 17 nitrogen and oxygen atoms in total. The monoisotopic (exact) mass is 1050 g/mol. The van der Waals surface area contributed by atoms with Crippen molar-refractivity contribution >= 4 is 61.2 Å². The van der Waals surface area contributed by atoms with Crippen LogP contribution in [0.15, 0.2) is 77.8 Å². The predicted molar refractivity (Wildman–Crippen MR) is 287 cm³/mol. The number of carbonyl (C=O) groups excluding carboxylic acids is 1. The van der Waals surface area contributed by atoms with Crippen molar-refractivity contribution in [2.24, 2.45) is 11.3 Å². The lowest BCUT2D eigenvalue weighted by Crippen LogP contribution is -2.58. The van der Waals surface area contributed by atoms with E-state index in [-0.39, 0.29) is 40.1 Å². The Balaban J connectivity index is 0.878. The van der Waals surface area contributed by atoms with Crippen LogP contribution in [0.5, 0.6) is 0 Å². The Bertz CT molecular complexity index is 3050. The molecular weight excluding hydrogens is 978 g/mol. The molecule has 5 fully saturated rings. The highest BCUT2D eigenvalue weighted by Gasteiger charge is 2.50. The van der Waals surface area contributed by atoms with Gasteiger partial charge in [0.15, 0.2) is 5.82 Å². The number of nitro benzene ring substituents is 1. The molecule has 1 amide bonds. The smallest absolute Gasteiger partial charge is 0.293 e. The third kappa shape index (κ3) is 10.3. The number of morpholine rings is 1. The van der Waals surface area contributed by atoms with E-state index in [4.69, 9.17) is 14.5 Å². The molecule has 400 valence electrons. The number of nitrogens with zero attached hydrogens (tertiary/aromatic N) is 6. The number of ether oxygens (including phenoxy) is 2. The van der Waals surface area contributed by atoms with E-state index in [0.29, 0.717) is 93.5 Å². The number of sulfonamides is 1. The molecule has 5 aromatic rings. The number of carbonyl (C=O) groups is 1. The third-order valence-corrected chi connectivity index (χ3v) is 18.7. The number of piperidine rings is 1. The van der Waals surface area contributed by atoms with Gasteiger partial charge >= 0.3 is 0 Å². The standard InChI is InChI=1S/C56H70FN9O8S/c1-36(2)42-7-4-5-8-43(42)51-35-74-26-24-63(51)40-30-56(31-40)18-22-62(23-19-56)38-9-11-44(48(27-38)65-21-15-39-34-73-25-6-20-64(39)53-50(65)29-45-46(57)33-59-52(45)60-53)54(67)61-75(71,72)41-10-12-47(49(28-41)66(69)70)58-32-37-13-16-55(3,68)17-14-37/h4-5,7-12,27-29,33,36-37,39-40,51,58,68H,6,13-26,30-32,34-35H2,1-3H3,(H,59,60)(H,61,67)/t37-,39-,51+,55-/m1/s1. The van der Waals surface area contributed by atoms with Gasteiger partial charge in [-0.15, -0.1) is 0 Å². The fourth-order valence-corrected chi connectivity index (χ4v) is 14.0. The van der Waals surface area contributed by atoms with Crippen molar-refractivity contribution in [3.63, 3.8) is 0 Å². The lowest BCUT2D eigenvalue weighted by Gasteiger charge is -2.57. The summed E-state index contributed by atoms with van der Waals surface area (Å²) in [6.07, 6.45) is 9.63. The lowest BCUT2D eigenvalue weighted by atomic mass is 9.59. The molecule has 2 aliphatic carbocycles. The average Bonchev–Trinajstić information content (AvgIpc) is 3.51. The number of benzene rings is 3. The highest BCUT2D eigenvalue weighted by molar-refractivity contribution is 7.90. The van der Waals surface area contributed by atoms with Crippen LogP contribution in [0.1, 0.15) is 118 Å². The van der Waals surface area contributed by atoms with Crippen LogP contribution in [0, 0.1) is 27.3 Å². The van der Waals surface area contributed by atoms with Crippen molar-refractivity contribution < 1.29 is 37.1 Å². The number of aromatic nitrogens is 2. The van der Waals surface area contributed by atoms with E-state index in [1.165, 1.54) is 29.5 Å². The normalized spacial score (nSPS) is 24.6. The number of pyridine rings is 1. The summed E-state index contributed by atoms with van der Waals surface area (Å²) in [4.78, 5) is 43.3. The number of rotatable bonds is 12. The van der Waals surface area contributed by atoms with Gasteiger partial charge in [-0.25, -0.2) is 22.5 Å². The maximum Gasteiger partial charge on any atom is 0.293 e. The number of hydrogen-bond acceptors (Lipinski definition) is 14. The first-order valence-corrected chi connectivity index (χ1v) is 28.5. The first-order valence-electron chi connectivity index (χ1n) is 27.0. The van der Waals surface area contributed by atoms with E-state index in [1.807, 2.05) is 24.0 Å². The number of nitrogens with one attached hydrogen (secondary N) is 3. The summed E-state index contributed by atoms with van der Waals surface area (Å²) in [6.45, 7) is 12.7. The molecule has 11 rings (SSSR count). The predicted octanol–water partition coefficient (Wildman–Crippen LogP) is 9.17. The van der Waals surface area contributed by atoms with Gasteiger partial charge in [-0.2, -0.15) is 0 Å². The Morgan fingerprint density at radius 2 is 1.71 bits per heavy atom. The lowest BCUT2D eigenvalue weighted by molar-refractivity contribution is -0.384. The Labute approximate surface area is 438 Å². The molecule has 2 saturated carbocycles. The Hall–Kier alpha value is -5.86. The SMILES string of the molecule is CC(C)c1ccccc1[C@@H]1COCCN1C1CC2(CCN(c3ccc(C(=O)NS(=O)(=O)c4ccc(NC[C@H]5CC[C@](C)(O)CC5)c([N+](=O)[O-])c4)c(N4CC[C@@H]5COCCCN5c5nc6[nH]cc(F)c6cc54)c3)CC2)C1. The molecule has 75 heavy (non-hydrogen) atoms. The van der Waals surface area contributed by atoms with Crippen LogP contribution >= 0.6 is 0 Å². The van der Waals surface area contributed by atoms with E-state index in [9.17, 15) is 28.4 Å². The Kier molecular flexibility index (Phi) is 14.1. The molecule has 4 aliphatic heterocycles. The molecule has 4 N–H and O–H groups in total. The number of amides is 1. The molecule has 19 heteroatoms. The van der Waals surface area contributed by atoms with Gasteiger partial charge in [0.1, 0.15) is 17.2 Å². The second-order valence-electron chi connectivity index (χ2n) is 22.6. The maximum absolute atomic E-state index is 15.5. The van der Waals surface area contributed by atoms with Crippen molar-refractivity contribution in [2.75, 3.05) is 85.7 Å². The van der Waals surface area contributed by atoms with Crippen molar-refractivity contribution in [3.8, 4) is 0 Å². The van der Waals surface area contributed by atoms with Crippen molar-refractivity contribution in [1.29, 1.82) is 0 Å². The number of halogens is 1. The summed E-state index contributed by atoms with van der Waals surface area (Å²) in [5.74, 6) is -0.188. The first-order chi connectivity index (χ1) is 36.1. The molecule has 6 heterocycles. The summed E-state index contributed by atoms with van der Waals surface area (Å²) in [5.41, 5.74) is 4.28. The molecule has 3 aromatic carbocycles. The van der Waals surface area contributed by atoms with Gasteiger partial charge in [-0.3, -0.25) is 19.8 Å². The molecule has 0 unspecified atom stereocenters. The average molecular weight is 1050 g/mol. The summed E-state index contributed by atoms with van der Waals surface area (Å²) in [7, 11) is -4.66. The zero-order valence-corrected chi connectivity index (χ0v) is 44.0. The molecule has 2 atom stereocenters. The zero-order valence-electron chi connectivity index (χ0n) is 43.2. The third-order valence-electron chi connectivity index (χ3n) is 17.4. The summed E-state index contributed by atoms with van der Waals surface area (Å²) in [5, 5.41) is 26.2. The Morgan fingerprint density at radius 3 is 2.48 bits per heavy atom. The zero-order chi connectivity index (χ0) is 52.2. The number of aromatic amines is 1. The highest BCUT2D eigenvalue weighted by atomic mass is 32.2. The van der Waals surface area contributed by atoms with E-state index >= 15 is 4.39 Å². The molecule has 2 aromatic heterocycles. The molecule has 0 radical (unpaired) electrons. The summed E-state index contributed by atoms with van der Waals surface area (Å²) >= 11 is 0. The topological polar surface area (TPSA) is 199 Å². The van der Waals surface area contributed by atoms with Gasteiger partial charge in [-0.05, 0) is 136 Å². The second kappa shape index (κ2) is 20.6. The van der Waals surface area contributed by atoms with Gasteiger partial charge in [0, 0.05) is 69.9 Å². The summed E-state index contributed by atoms with van der Waals surface area (Å²) < 4.78 is 58.4. The number of anilines is 5. The minimum atomic E-state index is -4.66. The molecule has 0 bridgehead atoms. The molecular formula is C56H70FN9O8S. The van der Waals surface area contributed by atoms with E-state index < -0.39 is 42.9 Å². The van der Waals surface area contributed by atoms with E-state index in [0.717, 1.165) is 82.9 Å². The van der Waals surface area contributed by atoms with Crippen molar-refractivity contribution in [3.05, 3.63) is 106 Å². The number of H-pyrrole nitrogens is 1. The number of aliphatic hydroxyl groups is 1. The van der Waals surface area contributed by atoms with Gasteiger partial charge in [0.05, 0.1) is 69.6 Å². The fraction of sp³-hybridized carbons (Fsp3) is 0.536. The quantitative estimate of drug-likeness (QED) is 0.0681. The van der Waals surface area contributed by atoms with Crippen LogP contribution in [0.3, 0.4) is 0 Å². The largest absolute Gasteiger partial charge is 0.390 e. The molecule has 6 aliphatic rings. The number of hydrogen-bond donors (Lipinski definition) is 4. The molecule has 3 saturated heterocycles. The van der Waals surface area contributed by atoms with Crippen LogP contribution in [0.2, 0.25) is 0 Å². The van der Waals surface area contributed by atoms with Crippen LogP contribution in [-0.2, 0) is 19.5 Å². The van der Waals surface area contributed by atoms with Crippen molar-refractivity contribution in [1.82, 2.24) is 19.6 Å². The van der Waals surface area contributed by atoms with Crippen LogP contribution in [-0.4, -0.2) is 123 Å². The van der Waals surface area contributed by atoms with E-state index in [1.54, 1.807) is 12.1 Å². The van der Waals surface area contributed by atoms with Crippen LogP contribution in [0.25, 0.3) is 11.0 Å². The number of fused-ring (bicyclic) bond motifs is 4. The molecule has 1 spiro atoms. The van der Waals surface area contributed by atoms with Gasteiger partial charge in [0.2, 0.25) is 0 Å². The number of nitro groups is 1. The van der Waals surface area contributed by atoms with Gasteiger partial charge in [0.25, 0.3) is 21.6 Å². The Morgan fingerprint density at radius 1 is 0.933 bits per heavy atom. The van der Waals surface area contributed by atoms with Gasteiger partial charge < -0.3 is 39.6 Å². The minimum absolute atomic E-state index is 0.0601. The fourth-order valence-electron chi connectivity index (χ4n) is 13.0. The maximum atomic E-state index is 15.5. The second-order valence-corrected chi connectivity index (χ2v) is 24.3. The first kappa shape index (κ1) is 51.3. The van der Waals surface area contributed by atoms with Crippen LogP contribution in [0.4, 0.5) is 38.6 Å². The van der Waals surface area contributed by atoms with Crippen molar-refractivity contribution in [2.45, 2.75) is 120 Å². The van der Waals surface area contributed by atoms with Gasteiger partial charge in [-0.1, -0.05) is 38.1 Å². The van der Waals surface area contributed by atoms with E-state index in [2.05, 4.69) is 67.8 Å². The minimum Gasteiger partial charge on any atom is -0.390 e. The highest BCUT2D eigenvalue weighted by Crippen LogP contribution is 2.54. The van der Waals surface area contributed by atoms with Crippen LogP contribution < -0.4 is 24.7 Å².